The van der Waals surface area contributed by atoms with Gasteiger partial charge in [-0.3, -0.25) is 4.79 Å². The van der Waals surface area contributed by atoms with Gasteiger partial charge in [0.2, 0.25) is 5.91 Å². The molecule has 1 aromatic heterocycles. The maximum atomic E-state index is 11.5. The van der Waals surface area contributed by atoms with E-state index >= 15 is 0 Å². The Labute approximate surface area is 115 Å². The Morgan fingerprint density at radius 1 is 1.33 bits per heavy atom. The van der Waals surface area contributed by atoms with E-state index in [9.17, 15) is 4.79 Å². The third kappa shape index (κ3) is 3.55. The first-order valence-corrected chi connectivity index (χ1v) is 7.07. The van der Waals surface area contributed by atoms with E-state index in [0.717, 1.165) is 16.3 Å². The number of carbonyl (C=O) groups is 1. The largest absolute Gasteiger partial charge is 0.326 e. The number of amides is 1. The Morgan fingerprint density at radius 3 is 2.72 bits per heavy atom. The number of nitrogens with zero attached hydrogens (tertiary/aromatic N) is 1. The summed E-state index contributed by atoms with van der Waals surface area (Å²) in [6.07, 6.45) is 2.93. The second kappa shape index (κ2) is 6.52. The molecule has 1 heterocycles. The van der Waals surface area contributed by atoms with Crippen LogP contribution in [0.4, 0.5) is 5.69 Å². The summed E-state index contributed by atoms with van der Waals surface area (Å²) in [6.45, 7) is 0. The number of hydrogen-bond donors (Lipinski definition) is 1. The smallest absolute Gasteiger partial charge is 0.224 e. The minimum absolute atomic E-state index is 0.00218. The van der Waals surface area contributed by atoms with Gasteiger partial charge in [0.15, 0.2) is 0 Å². The Balaban J connectivity index is 1.98. The van der Waals surface area contributed by atoms with Gasteiger partial charge in [-0.2, -0.15) is 0 Å². The molecule has 0 radical (unpaired) electrons. The average Bonchev–Trinajstić information content (AvgIpc) is 2.91. The van der Waals surface area contributed by atoms with Gasteiger partial charge >= 0.3 is 0 Å². The first-order valence-electron chi connectivity index (χ1n) is 5.65. The lowest BCUT2D eigenvalue weighted by atomic mass is 10.2. The third-order valence-corrected chi connectivity index (χ3v) is 3.47. The summed E-state index contributed by atoms with van der Waals surface area (Å²) in [5.74, 6) is 0.508. The molecular weight excluding hydrogens is 268 g/mol. The molecule has 2 aromatic rings. The van der Waals surface area contributed by atoms with Crippen molar-refractivity contribution in [3.63, 3.8) is 0 Å². The van der Waals surface area contributed by atoms with E-state index in [1.807, 2.05) is 29.6 Å². The van der Waals surface area contributed by atoms with Crippen LogP contribution in [0.25, 0.3) is 10.6 Å². The van der Waals surface area contributed by atoms with Crippen LogP contribution in [0, 0.1) is 0 Å². The fourth-order valence-corrected chi connectivity index (χ4v) is 2.29. The zero-order valence-corrected chi connectivity index (χ0v) is 11.3. The summed E-state index contributed by atoms with van der Waals surface area (Å²) >= 11 is 7.13. The van der Waals surface area contributed by atoms with Crippen LogP contribution >= 0.6 is 22.9 Å². The van der Waals surface area contributed by atoms with Crippen molar-refractivity contribution in [2.24, 2.45) is 0 Å². The SMILES string of the molecule is O=C(CCCCl)Nc1ccc(-c2nccs2)cc1. The normalized spacial score (nSPS) is 10.3. The van der Waals surface area contributed by atoms with Crippen molar-refractivity contribution in [2.45, 2.75) is 12.8 Å². The standard InChI is InChI=1S/C13H13ClN2OS/c14-7-1-2-12(17)16-11-5-3-10(4-6-11)13-15-8-9-18-13/h3-6,8-9H,1-2,7H2,(H,16,17). The Kier molecular flexibility index (Phi) is 4.73. The first-order chi connectivity index (χ1) is 8.79. The fraction of sp³-hybridized carbons (Fsp3) is 0.231. The zero-order chi connectivity index (χ0) is 12.8. The third-order valence-electron chi connectivity index (χ3n) is 2.39. The van der Waals surface area contributed by atoms with Crippen LogP contribution < -0.4 is 5.32 Å². The van der Waals surface area contributed by atoms with Gasteiger partial charge in [-0.05, 0) is 30.7 Å². The van der Waals surface area contributed by atoms with E-state index < -0.39 is 0 Å². The first kappa shape index (κ1) is 13.1. The molecule has 1 N–H and O–H groups in total. The minimum atomic E-state index is -0.00218. The molecule has 2 rings (SSSR count). The van der Waals surface area contributed by atoms with E-state index in [1.165, 1.54) is 0 Å². The minimum Gasteiger partial charge on any atom is -0.326 e. The van der Waals surface area contributed by atoms with E-state index in [2.05, 4.69) is 10.3 Å². The van der Waals surface area contributed by atoms with Crippen molar-refractivity contribution in [1.82, 2.24) is 4.98 Å². The maximum Gasteiger partial charge on any atom is 0.224 e. The molecule has 18 heavy (non-hydrogen) atoms. The molecule has 0 aliphatic carbocycles. The van der Waals surface area contributed by atoms with Gasteiger partial charge in [-0.1, -0.05) is 0 Å². The van der Waals surface area contributed by atoms with Crippen molar-refractivity contribution in [2.75, 3.05) is 11.2 Å². The molecule has 1 aromatic carbocycles. The number of benzene rings is 1. The van der Waals surface area contributed by atoms with Crippen molar-refractivity contribution >= 4 is 34.5 Å². The van der Waals surface area contributed by atoms with Gasteiger partial charge < -0.3 is 5.32 Å². The summed E-state index contributed by atoms with van der Waals surface area (Å²) in [7, 11) is 0. The lowest BCUT2D eigenvalue weighted by molar-refractivity contribution is -0.116. The van der Waals surface area contributed by atoms with Gasteiger partial charge in [0.1, 0.15) is 5.01 Å². The number of nitrogens with one attached hydrogen (secondary N) is 1. The number of rotatable bonds is 5. The summed E-state index contributed by atoms with van der Waals surface area (Å²) < 4.78 is 0. The van der Waals surface area contributed by atoms with Crippen LogP contribution in [0.15, 0.2) is 35.8 Å². The van der Waals surface area contributed by atoms with Crippen LogP contribution in [0.1, 0.15) is 12.8 Å². The van der Waals surface area contributed by atoms with E-state index in [4.69, 9.17) is 11.6 Å². The summed E-state index contributed by atoms with van der Waals surface area (Å²) in [4.78, 5) is 15.7. The number of alkyl halides is 1. The monoisotopic (exact) mass is 280 g/mol. The Morgan fingerprint density at radius 2 is 2.11 bits per heavy atom. The van der Waals surface area contributed by atoms with Crippen molar-refractivity contribution < 1.29 is 4.79 Å². The van der Waals surface area contributed by atoms with Gasteiger partial charge in [0, 0.05) is 35.1 Å². The van der Waals surface area contributed by atoms with Gasteiger partial charge in [-0.25, -0.2) is 4.98 Å². The predicted molar refractivity (Wildman–Crippen MR) is 76.1 cm³/mol. The number of carbonyl (C=O) groups excluding carboxylic acids is 1. The molecule has 0 aliphatic rings. The zero-order valence-electron chi connectivity index (χ0n) is 9.73. The van der Waals surface area contributed by atoms with E-state index in [-0.39, 0.29) is 5.91 Å². The van der Waals surface area contributed by atoms with Gasteiger partial charge in [0.05, 0.1) is 0 Å². The number of anilines is 1. The molecule has 0 unspecified atom stereocenters. The molecule has 5 heteroatoms. The predicted octanol–water partition coefficient (Wildman–Crippen LogP) is 3.77. The van der Waals surface area contributed by atoms with Crippen LogP contribution in [-0.2, 0) is 4.79 Å². The topological polar surface area (TPSA) is 42.0 Å². The molecule has 0 aliphatic heterocycles. The van der Waals surface area contributed by atoms with Crippen LogP contribution in [0.2, 0.25) is 0 Å². The molecule has 94 valence electrons. The highest BCUT2D eigenvalue weighted by Crippen LogP contribution is 2.23. The highest BCUT2D eigenvalue weighted by atomic mass is 35.5. The second-order valence-electron chi connectivity index (χ2n) is 3.76. The summed E-state index contributed by atoms with van der Waals surface area (Å²) in [6, 6.07) is 7.68. The average molecular weight is 281 g/mol. The molecule has 0 saturated carbocycles. The summed E-state index contributed by atoms with van der Waals surface area (Å²) in [5, 5.41) is 5.76. The summed E-state index contributed by atoms with van der Waals surface area (Å²) in [5.41, 5.74) is 1.86. The lowest BCUT2D eigenvalue weighted by Gasteiger charge is -2.05. The molecule has 0 fully saturated rings. The highest BCUT2D eigenvalue weighted by molar-refractivity contribution is 7.13. The van der Waals surface area contributed by atoms with Crippen LogP contribution in [-0.4, -0.2) is 16.8 Å². The number of thiazole rings is 1. The Bertz CT molecular complexity index is 496. The van der Waals surface area contributed by atoms with E-state index in [1.54, 1.807) is 17.5 Å². The maximum absolute atomic E-state index is 11.5. The van der Waals surface area contributed by atoms with Crippen LogP contribution in [0.3, 0.4) is 0 Å². The van der Waals surface area contributed by atoms with Crippen molar-refractivity contribution in [3.8, 4) is 10.6 Å². The molecule has 0 spiro atoms. The van der Waals surface area contributed by atoms with Crippen molar-refractivity contribution in [3.05, 3.63) is 35.8 Å². The fourth-order valence-electron chi connectivity index (χ4n) is 1.51. The quantitative estimate of drug-likeness (QED) is 0.847. The van der Waals surface area contributed by atoms with Crippen molar-refractivity contribution in [1.29, 1.82) is 0 Å². The Hall–Kier alpha value is -1.39. The molecule has 3 nitrogen and oxygen atoms in total. The number of hydrogen-bond acceptors (Lipinski definition) is 3. The molecule has 1 amide bonds. The van der Waals surface area contributed by atoms with Gasteiger partial charge in [0.25, 0.3) is 0 Å². The van der Waals surface area contributed by atoms with Gasteiger partial charge in [-0.15, -0.1) is 22.9 Å². The molecule has 0 saturated heterocycles. The molecular formula is C13H13ClN2OS. The molecule has 0 atom stereocenters. The second-order valence-corrected chi connectivity index (χ2v) is 5.03. The molecule has 0 bridgehead atoms. The lowest BCUT2D eigenvalue weighted by Crippen LogP contribution is -2.11. The highest BCUT2D eigenvalue weighted by Gasteiger charge is 2.03. The number of aromatic nitrogens is 1. The van der Waals surface area contributed by atoms with E-state index in [0.29, 0.717) is 18.7 Å². The number of halogens is 1. The van der Waals surface area contributed by atoms with Crippen LogP contribution in [0.5, 0.6) is 0 Å².